The number of aryl methyl sites for hydroxylation is 1. The average molecular weight is 374 g/mol. The summed E-state index contributed by atoms with van der Waals surface area (Å²) in [6, 6.07) is 18.0. The quantitative estimate of drug-likeness (QED) is 0.518. The van der Waals surface area contributed by atoms with Crippen molar-refractivity contribution < 1.29 is 19.1 Å². The first-order valence-corrected chi connectivity index (χ1v) is 8.85. The number of aromatic nitrogens is 1. The number of nitrogens with zero attached hydrogens (tertiary/aromatic N) is 2. The molecule has 2 aromatic carbocycles. The maximum Gasteiger partial charge on any atom is 0.341 e. The van der Waals surface area contributed by atoms with Gasteiger partial charge in [0.15, 0.2) is 6.73 Å². The highest BCUT2D eigenvalue weighted by Gasteiger charge is 2.36. The number of fused-ring (bicyclic) bond motifs is 1. The molecule has 0 unspecified atom stereocenters. The van der Waals surface area contributed by atoms with E-state index in [0.29, 0.717) is 16.7 Å². The van der Waals surface area contributed by atoms with E-state index in [-0.39, 0.29) is 0 Å². The summed E-state index contributed by atoms with van der Waals surface area (Å²) < 4.78 is 7.26. The molecule has 0 bridgehead atoms. The molecule has 6 nitrogen and oxygen atoms in total. The van der Waals surface area contributed by atoms with Crippen molar-refractivity contribution in [3.8, 4) is 5.69 Å². The van der Waals surface area contributed by atoms with Gasteiger partial charge in [-0.25, -0.2) is 9.69 Å². The number of hydrogen-bond acceptors (Lipinski definition) is 4. The van der Waals surface area contributed by atoms with Gasteiger partial charge in [0.1, 0.15) is 0 Å². The van der Waals surface area contributed by atoms with Crippen molar-refractivity contribution in [2.24, 2.45) is 0 Å². The van der Waals surface area contributed by atoms with Crippen molar-refractivity contribution in [1.29, 1.82) is 0 Å². The normalized spacial score (nSPS) is 13.0. The molecular formula is C22H18N2O4. The summed E-state index contributed by atoms with van der Waals surface area (Å²) >= 11 is 0. The highest BCUT2D eigenvalue weighted by molar-refractivity contribution is 6.21. The van der Waals surface area contributed by atoms with Crippen LogP contribution in [-0.2, 0) is 4.74 Å². The van der Waals surface area contributed by atoms with E-state index < -0.39 is 24.5 Å². The lowest BCUT2D eigenvalue weighted by atomic mass is 10.1. The Labute approximate surface area is 162 Å². The lowest BCUT2D eigenvalue weighted by molar-refractivity contribution is 0.0227. The van der Waals surface area contributed by atoms with Gasteiger partial charge < -0.3 is 9.30 Å². The van der Waals surface area contributed by atoms with Crippen molar-refractivity contribution in [3.05, 3.63) is 88.7 Å². The zero-order valence-corrected chi connectivity index (χ0v) is 15.5. The van der Waals surface area contributed by atoms with Gasteiger partial charge in [0.25, 0.3) is 11.8 Å². The number of hydrogen-bond donors (Lipinski definition) is 0. The third-order valence-corrected chi connectivity index (χ3v) is 4.87. The third kappa shape index (κ3) is 2.79. The zero-order valence-electron chi connectivity index (χ0n) is 15.5. The van der Waals surface area contributed by atoms with Crippen LogP contribution in [0.25, 0.3) is 5.69 Å². The van der Waals surface area contributed by atoms with Crippen LogP contribution in [0.3, 0.4) is 0 Å². The average Bonchev–Trinajstić information content (AvgIpc) is 3.14. The number of amides is 2. The first-order chi connectivity index (χ1) is 13.5. The van der Waals surface area contributed by atoms with E-state index in [4.69, 9.17) is 4.74 Å². The molecule has 4 rings (SSSR count). The summed E-state index contributed by atoms with van der Waals surface area (Å²) in [5.41, 5.74) is 3.61. The van der Waals surface area contributed by atoms with Crippen molar-refractivity contribution >= 4 is 17.8 Å². The van der Waals surface area contributed by atoms with Crippen LogP contribution < -0.4 is 0 Å². The minimum absolute atomic E-state index is 0.325. The molecule has 1 aliphatic rings. The molecule has 1 aromatic heterocycles. The fraction of sp³-hybridized carbons (Fsp3) is 0.136. The number of carbonyl (C=O) groups excluding carboxylic acids is 3. The van der Waals surface area contributed by atoms with Crippen LogP contribution >= 0.6 is 0 Å². The Bertz CT molecular complexity index is 1060. The van der Waals surface area contributed by atoms with Crippen LogP contribution in [0.2, 0.25) is 0 Å². The van der Waals surface area contributed by atoms with E-state index in [1.165, 1.54) is 0 Å². The maximum absolute atomic E-state index is 12.6. The standard InChI is InChI=1S/C22H18N2O4/c1-14-12-19(15(2)24(14)16-8-4-3-5-9-16)22(27)28-13-23-20(25)17-10-6-7-11-18(17)21(23)26/h3-12H,13H2,1-2H3. The molecule has 0 atom stereocenters. The van der Waals surface area contributed by atoms with Crippen molar-refractivity contribution in [1.82, 2.24) is 9.47 Å². The van der Waals surface area contributed by atoms with Gasteiger partial charge in [0.05, 0.1) is 16.7 Å². The first kappa shape index (κ1) is 17.7. The molecule has 0 fully saturated rings. The van der Waals surface area contributed by atoms with E-state index >= 15 is 0 Å². The molecule has 3 aromatic rings. The Morgan fingerprint density at radius 1 is 0.893 bits per heavy atom. The minimum atomic E-state index is -0.577. The second kappa shape index (κ2) is 6.81. The highest BCUT2D eigenvalue weighted by Crippen LogP contribution is 2.24. The molecule has 0 saturated carbocycles. The lowest BCUT2D eigenvalue weighted by Gasteiger charge is -2.14. The van der Waals surface area contributed by atoms with Gasteiger partial charge >= 0.3 is 5.97 Å². The predicted molar refractivity (Wildman–Crippen MR) is 102 cm³/mol. The van der Waals surface area contributed by atoms with Crippen LogP contribution in [0.5, 0.6) is 0 Å². The smallest absolute Gasteiger partial charge is 0.341 e. The Hall–Kier alpha value is -3.67. The summed E-state index contributed by atoms with van der Waals surface area (Å²) in [6.07, 6.45) is 0. The Morgan fingerprint density at radius 3 is 2.07 bits per heavy atom. The molecule has 2 amide bonds. The van der Waals surface area contributed by atoms with Gasteiger partial charge in [-0.15, -0.1) is 0 Å². The second-order valence-corrected chi connectivity index (χ2v) is 6.60. The molecule has 0 spiro atoms. The van der Waals surface area contributed by atoms with Crippen molar-refractivity contribution in [3.63, 3.8) is 0 Å². The molecule has 0 saturated heterocycles. The molecule has 6 heteroatoms. The molecule has 0 N–H and O–H groups in total. The number of rotatable bonds is 4. The number of carbonyl (C=O) groups is 3. The van der Waals surface area contributed by atoms with Gasteiger partial charge in [-0.1, -0.05) is 30.3 Å². The van der Waals surface area contributed by atoms with Crippen LogP contribution in [-0.4, -0.2) is 34.0 Å². The number of imide groups is 1. The van der Waals surface area contributed by atoms with E-state index in [0.717, 1.165) is 22.0 Å². The van der Waals surface area contributed by atoms with Gasteiger partial charge in [0, 0.05) is 17.1 Å². The van der Waals surface area contributed by atoms with Crippen molar-refractivity contribution in [2.75, 3.05) is 6.73 Å². The molecular weight excluding hydrogens is 356 g/mol. The summed E-state index contributed by atoms with van der Waals surface area (Å²) in [5.74, 6) is -1.49. The fourth-order valence-corrected chi connectivity index (χ4v) is 3.50. The Balaban J connectivity index is 1.53. The summed E-state index contributed by atoms with van der Waals surface area (Å²) in [4.78, 5) is 38.3. The molecule has 28 heavy (non-hydrogen) atoms. The second-order valence-electron chi connectivity index (χ2n) is 6.60. The van der Waals surface area contributed by atoms with Gasteiger partial charge in [0.2, 0.25) is 0 Å². The van der Waals surface area contributed by atoms with E-state index in [1.54, 1.807) is 30.3 Å². The van der Waals surface area contributed by atoms with Crippen LogP contribution in [0.15, 0.2) is 60.7 Å². The molecule has 0 radical (unpaired) electrons. The maximum atomic E-state index is 12.6. The SMILES string of the molecule is Cc1cc(C(=O)OCN2C(=O)c3ccccc3C2=O)c(C)n1-c1ccccc1. The molecule has 140 valence electrons. The minimum Gasteiger partial charge on any atom is -0.440 e. The van der Waals surface area contributed by atoms with Crippen molar-refractivity contribution in [2.45, 2.75) is 13.8 Å². The fourth-order valence-electron chi connectivity index (χ4n) is 3.50. The Kier molecular flexibility index (Phi) is 4.31. The highest BCUT2D eigenvalue weighted by atomic mass is 16.5. The summed E-state index contributed by atoms with van der Waals surface area (Å²) in [6.45, 7) is 3.32. The summed E-state index contributed by atoms with van der Waals surface area (Å²) in [5, 5.41) is 0. The van der Waals surface area contributed by atoms with Gasteiger partial charge in [-0.05, 0) is 44.2 Å². The Morgan fingerprint density at radius 2 is 1.46 bits per heavy atom. The third-order valence-electron chi connectivity index (χ3n) is 4.87. The molecule has 2 heterocycles. The van der Waals surface area contributed by atoms with Crippen LogP contribution in [0.1, 0.15) is 42.5 Å². The van der Waals surface area contributed by atoms with Gasteiger partial charge in [-0.2, -0.15) is 0 Å². The number of esters is 1. The van der Waals surface area contributed by atoms with E-state index in [9.17, 15) is 14.4 Å². The first-order valence-electron chi connectivity index (χ1n) is 8.85. The summed E-state index contributed by atoms with van der Waals surface area (Å²) in [7, 11) is 0. The largest absolute Gasteiger partial charge is 0.440 e. The molecule has 0 aliphatic carbocycles. The van der Waals surface area contributed by atoms with Gasteiger partial charge in [-0.3, -0.25) is 9.59 Å². The molecule has 1 aliphatic heterocycles. The predicted octanol–water partition coefficient (Wildman–Crippen LogP) is 3.50. The van der Waals surface area contributed by atoms with Crippen LogP contribution in [0, 0.1) is 13.8 Å². The lowest BCUT2D eigenvalue weighted by Crippen LogP contribution is -2.33. The zero-order chi connectivity index (χ0) is 19.8. The number of benzene rings is 2. The monoisotopic (exact) mass is 374 g/mol. The van der Waals surface area contributed by atoms with E-state index in [1.807, 2.05) is 48.7 Å². The van der Waals surface area contributed by atoms with Crippen LogP contribution in [0.4, 0.5) is 0 Å². The number of para-hydroxylation sites is 1. The topological polar surface area (TPSA) is 68.6 Å². The van der Waals surface area contributed by atoms with E-state index in [2.05, 4.69) is 0 Å². The number of ether oxygens (including phenoxy) is 1.